The van der Waals surface area contributed by atoms with Crippen LogP contribution in [-0.4, -0.2) is 31.5 Å². The molecule has 0 heterocycles. The molecule has 138 valence electrons. The summed E-state index contributed by atoms with van der Waals surface area (Å²) in [5.74, 6) is -0.146. The Morgan fingerprint density at radius 1 is 1.04 bits per heavy atom. The Bertz CT molecular complexity index is 403. The summed E-state index contributed by atoms with van der Waals surface area (Å²) in [6.45, 7) is 4.32. The Hall–Kier alpha value is 0.340. The van der Waals surface area contributed by atoms with Crippen LogP contribution in [0.4, 0.5) is 0 Å². The molecular weight excluding hydrogens is 341 g/mol. The smallest absolute Gasteiger partial charge is 0.653 e. The molecule has 0 fully saturated rings. The molecule has 1 unspecified atom stereocenters. The van der Waals surface area contributed by atoms with Gasteiger partial charge in [-0.1, -0.05) is 58.3 Å². The first-order valence-corrected chi connectivity index (χ1v) is 10.1. The van der Waals surface area contributed by atoms with Crippen LogP contribution in [-0.2, 0) is 19.4 Å². The number of carbonyl (C=O) groups is 1. The second-order valence-electron chi connectivity index (χ2n) is 5.98. The number of unbranched alkanes of at least 4 members (excludes halogenated alkanes) is 7. The molecule has 24 heavy (non-hydrogen) atoms. The zero-order valence-corrected chi connectivity index (χ0v) is 18.3. The number of amides is 1. The molecule has 0 aliphatic rings. The summed E-state index contributed by atoms with van der Waals surface area (Å²) < 4.78 is 33.8. The summed E-state index contributed by atoms with van der Waals surface area (Å²) in [6, 6.07) is 0. The average molecular weight is 373 g/mol. The predicted molar refractivity (Wildman–Crippen MR) is 91.8 cm³/mol. The molecule has 1 amide bonds. The Kier molecular flexibility index (Phi) is 18.6. The van der Waals surface area contributed by atoms with Gasteiger partial charge in [0.1, 0.15) is 0 Å². The minimum atomic E-state index is -4.41. The van der Waals surface area contributed by atoms with Gasteiger partial charge < -0.3 is 10.1 Å². The molecule has 1 atom stereocenters. The molecular formula is C16H32NNaO5S. The molecule has 0 rings (SSSR count). The predicted octanol–water partition coefficient (Wildman–Crippen LogP) is 1.41. The average Bonchev–Trinajstić information content (AvgIpc) is 2.43. The van der Waals surface area contributed by atoms with Crippen LogP contribution < -0.4 is 29.6 Å². The van der Waals surface area contributed by atoms with Crippen molar-refractivity contribution < 1.29 is 51.5 Å². The van der Waals surface area contributed by atoms with Crippen LogP contribution in [0, 0.1) is 0 Å². The van der Waals surface area contributed by atoms with Crippen molar-refractivity contribution in [3.05, 3.63) is 5.32 Å². The van der Waals surface area contributed by atoms with Crippen molar-refractivity contribution >= 4 is 16.3 Å². The van der Waals surface area contributed by atoms with Gasteiger partial charge in [-0.15, -0.1) is 6.54 Å². The zero-order valence-electron chi connectivity index (χ0n) is 15.5. The fourth-order valence-electron chi connectivity index (χ4n) is 2.32. The van der Waals surface area contributed by atoms with Gasteiger partial charge in [0.05, 0.1) is 12.0 Å². The molecule has 0 aliphatic heterocycles. The van der Waals surface area contributed by atoms with E-state index in [1.807, 2.05) is 0 Å². The van der Waals surface area contributed by atoms with E-state index in [0.29, 0.717) is 19.4 Å². The number of hydrogen-bond acceptors (Lipinski definition) is 4. The fraction of sp³-hybridized carbons (Fsp3) is 0.938. The maximum Gasteiger partial charge on any atom is 1.00 e. The molecule has 0 aromatic carbocycles. The number of rotatable bonds is 15. The summed E-state index contributed by atoms with van der Waals surface area (Å²) >= 11 is 0. The van der Waals surface area contributed by atoms with E-state index in [4.69, 9.17) is 4.55 Å². The molecule has 0 spiro atoms. The van der Waals surface area contributed by atoms with Crippen molar-refractivity contribution in [2.75, 3.05) is 6.54 Å². The van der Waals surface area contributed by atoms with E-state index in [1.165, 1.54) is 45.4 Å². The summed E-state index contributed by atoms with van der Waals surface area (Å²) in [7, 11) is -4.41. The van der Waals surface area contributed by atoms with Crippen LogP contribution in [0.2, 0.25) is 0 Å². The van der Waals surface area contributed by atoms with Crippen molar-refractivity contribution in [1.82, 2.24) is 0 Å². The summed E-state index contributed by atoms with van der Waals surface area (Å²) in [5.41, 5.74) is 0. The minimum absolute atomic E-state index is 0. The van der Waals surface area contributed by atoms with Crippen molar-refractivity contribution in [1.29, 1.82) is 0 Å². The number of carbonyl (C=O) groups excluding carboxylic acids is 1. The molecule has 0 radical (unpaired) electrons. The van der Waals surface area contributed by atoms with E-state index in [0.717, 1.165) is 12.8 Å². The standard InChI is InChI=1S/C16H33NO5S.Na/c1-3-4-5-6-7-8-9-10-14-17-16(18)13-11-12-15(2)22-23(19,20)21;/h15H,3-14H2,1-2H3,(H2,17,18,19,20,21);/q;+1/p-1. The Labute approximate surface area is 169 Å². The maximum atomic E-state index is 11.5. The molecule has 0 saturated heterocycles. The third kappa shape index (κ3) is 20.4. The normalized spacial score (nSPS) is 12.5. The van der Waals surface area contributed by atoms with Gasteiger partial charge in [-0.25, -0.2) is 4.18 Å². The molecule has 0 saturated carbocycles. The fourth-order valence-corrected chi connectivity index (χ4v) is 2.84. The van der Waals surface area contributed by atoms with Crippen LogP contribution in [0.3, 0.4) is 0 Å². The minimum Gasteiger partial charge on any atom is -0.653 e. The van der Waals surface area contributed by atoms with Crippen molar-refractivity contribution in [3.8, 4) is 0 Å². The largest absolute Gasteiger partial charge is 1.00 e. The molecule has 8 heteroatoms. The van der Waals surface area contributed by atoms with Crippen molar-refractivity contribution in [2.24, 2.45) is 0 Å². The monoisotopic (exact) mass is 373 g/mol. The first-order chi connectivity index (χ1) is 10.8. The van der Waals surface area contributed by atoms with Crippen molar-refractivity contribution in [2.45, 2.75) is 90.6 Å². The number of nitrogens with zero attached hydrogens (tertiary/aromatic N) is 1. The van der Waals surface area contributed by atoms with Crippen LogP contribution >= 0.6 is 0 Å². The van der Waals surface area contributed by atoms with Gasteiger partial charge in [0.15, 0.2) is 0 Å². The molecule has 0 aliphatic carbocycles. The molecule has 0 bridgehead atoms. The maximum absolute atomic E-state index is 11.5. The van der Waals surface area contributed by atoms with E-state index < -0.39 is 16.5 Å². The Balaban J connectivity index is 0. The van der Waals surface area contributed by atoms with E-state index >= 15 is 0 Å². The van der Waals surface area contributed by atoms with Crippen molar-refractivity contribution in [3.63, 3.8) is 0 Å². The zero-order chi connectivity index (χ0) is 17.6. The van der Waals surface area contributed by atoms with Gasteiger partial charge in [0.2, 0.25) is 0 Å². The SMILES string of the molecule is CCCCCCCCCC[N-]C(=O)CCCC(C)OS(=O)(=O)O.[Na+]. The quantitative estimate of drug-likeness (QED) is 0.266. The summed E-state index contributed by atoms with van der Waals surface area (Å²) in [4.78, 5) is 11.5. The topological polar surface area (TPSA) is 94.8 Å². The first-order valence-electron chi connectivity index (χ1n) is 8.71. The molecule has 0 aromatic heterocycles. The molecule has 6 nitrogen and oxygen atoms in total. The summed E-state index contributed by atoms with van der Waals surface area (Å²) in [5, 5.41) is 4.00. The van der Waals surface area contributed by atoms with Gasteiger partial charge in [0, 0.05) is 0 Å². The van der Waals surface area contributed by atoms with E-state index in [1.54, 1.807) is 0 Å². The van der Waals surface area contributed by atoms with Gasteiger partial charge in [0.25, 0.3) is 0 Å². The number of hydrogen-bond donors (Lipinski definition) is 1. The molecule has 1 N–H and O–H groups in total. The van der Waals surface area contributed by atoms with Crippen LogP contribution in [0.25, 0.3) is 5.32 Å². The van der Waals surface area contributed by atoms with Crippen LogP contribution in [0.15, 0.2) is 0 Å². The Morgan fingerprint density at radius 3 is 2.12 bits per heavy atom. The Morgan fingerprint density at radius 2 is 1.58 bits per heavy atom. The van der Waals surface area contributed by atoms with E-state index in [2.05, 4.69) is 16.4 Å². The molecule has 0 aromatic rings. The van der Waals surface area contributed by atoms with Crippen LogP contribution in [0.1, 0.15) is 84.5 Å². The van der Waals surface area contributed by atoms with Gasteiger partial charge in [-0.2, -0.15) is 8.42 Å². The van der Waals surface area contributed by atoms with Crippen LogP contribution in [0.5, 0.6) is 0 Å². The second kappa shape index (κ2) is 16.8. The third-order valence-electron chi connectivity index (χ3n) is 3.59. The van der Waals surface area contributed by atoms with Gasteiger partial charge in [-0.3, -0.25) is 4.55 Å². The third-order valence-corrected chi connectivity index (χ3v) is 4.16. The van der Waals surface area contributed by atoms with Gasteiger partial charge >= 0.3 is 40.0 Å². The summed E-state index contributed by atoms with van der Waals surface area (Å²) in [6.07, 6.45) is 10.3. The van der Waals surface area contributed by atoms with E-state index in [-0.39, 0.29) is 41.9 Å². The second-order valence-corrected chi connectivity index (χ2v) is 7.03. The van der Waals surface area contributed by atoms with E-state index in [9.17, 15) is 13.2 Å². The van der Waals surface area contributed by atoms with Gasteiger partial charge in [-0.05, 0) is 26.2 Å². The first kappa shape index (κ1) is 26.6.